The van der Waals surface area contributed by atoms with E-state index in [1.807, 2.05) is 27.7 Å². The third kappa shape index (κ3) is 3.77. The highest BCUT2D eigenvalue weighted by molar-refractivity contribution is 5.88. The summed E-state index contributed by atoms with van der Waals surface area (Å²) in [5, 5.41) is 0. The number of nitrogens with two attached hydrogens (primary N) is 1. The summed E-state index contributed by atoms with van der Waals surface area (Å²) >= 11 is 0. The van der Waals surface area contributed by atoms with Gasteiger partial charge >= 0.3 is 0 Å². The molecule has 0 saturated carbocycles. The first-order chi connectivity index (χ1) is 5.96. The van der Waals surface area contributed by atoms with Crippen molar-refractivity contribution >= 4 is 5.84 Å². The van der Waals surface area contributed by atoms with Crippen LogP contribution in [0.1, 0.15) is 41.0 Å². The fraction of sp³-hybridized carbons (Fsp3) is 0.900. The second-order valence-corrected chi connectivity index (χ2v) is 3.63. The van der Waals surface area contributed by atoms with Crippen LogP contribution in [0.3, 0.4) is 0 Å². The van der Waals surface area contributed by atoms with E-state index in [4.69, 9.17) is 10.5 Å². The Balaban J connectivity index is 4.54. The first kappa shape index (κ1) is 12.4. The molecule has 3 nitrogen and oxygen atoms in total. The molecule has 0 saturated heterocycles. The number of hydrogen-bond acceptors (Lipinski definition) is 2. The normalized spacial score (nSPS) is 17.5. The first-order valence-electron chi connectivity index (χ1n) is 4.94. The quantitative estimate of drug-likeness (QED) is 0.527. The largest absolute Gasteiger partial charge is 0.385 e. The molecule has 0 aliphatic carbocycles. The number of amidine groups is 1. The van der Waals surface area contributed by atoms with Gasteiger partial charge in [-0.15, -0.1) is 0 Å². The lowest BCUT2D eigenvalue weighted by Crippen LogP contribution is -2.43. The third-order valence-electron chi connectivity index (χ3n) is 2.08. The summed E-state index contributed by atoms with van der Waals surface area (Å²) in [6.45, 7) is 10.7. The van der Waals surface area contributed by atoms with Crippen LogP contribution in [-0.4, -0.2) is 24.1 Å². The second-order valence-electron chi connectivity index (χ2n) is 3.63. The summed E-state index contributed by atoms with van der Waals surface area (Å²) in [5.41, 5.74) is 5.48. The van der Waals surface area contributed by atoms with Crippen LogP contribution in [0.4, 0.5) is 0 Å². The Labute approximate surface area is 81.4 Å². The van der Waals surface area contributed by atoms with Crippen molar-refractivity contribution in [1.82, 2.24) is 0 Å². The van der Waals surface area contributed by atoms with Crippen LogP contribution in [0.15, 0.2) is 4.99 Å². The molecule has 0 radical (unpaired) electrons. The summed E-state index contributed by atoms with van der Waals surface area (Å²) in [4.78, 5) is 4.31. The van der Waals surface area contributed by atoms with Crippen molar-refractivity contribution < 1.29 is 4.74 Å². The minimum absolute atomic E-state index is 0.228. The predicted octanol–water partition coefficient (Wildman–Crippen LogP) is 1.96. The van der Waals surface area contributed by atoms with E-state index in [1.165, 1.54) is 0 Å². The highest BCUT2D eigenvalue weighted by Crippen LogP contribution is 2.15. The number of rotatable bonds is 5. The van der Waals surface area contributed by atoms with Gasteiger partial charge in [-0.05, 0) is 34.1 Å². The molecule has 0 aromatic carbocycles. The van der Waals surface area contributed by atoms with E-state index in [0.717, 1.165) is 6.42 Å². The van der Waals surface area contributed by atoms with Crippen LogP contribution in [0.2, 0.25) is 0 Å². The van der Waals surface area contributed by atoms with Crippen LogP contribution in [0.5, 0.6) is 0 Å². The molecular formula is C10H22N2O. The van der Waals surface area contributed by atoms with Crippen molar-refractivity contribution in [2.45, 2.75) is 52.7 Å². The Morgan fingerprint density at radius 1 is 1.46 bits per heavy atom. The molecule has 0 aliphatic rings. The van der Waals surface area contributed by atoms with Crippen LogP contribution in [0, 0.1) is 0 Å². The first-order valence-corrected chi connectivity index (χ1v) is 4.94. The Kier molecular flexibility index (Phi) is 4.99. The van der Waals surface area contributed by atoms with Crippen LogP contribution in [-0.2, 0) is 4.74 Å². The van der Waals surface area contributed by atoms with Crippen LogP contribution >= 0.6 is 0 Å². The lowest BCUT2D eigenvalue weighted by Gasteiger charge is -2.27. The van der Waals surface area contributed by atoms with Gasteiger partial charge in [0.15, 0.2) is 0 Å². The molecule has 3 heteroatoms. The molecule has 0 spiro atoms. The molecule has 0 rings (SSSR count). The SMILES string of the molecule is CCOC(C)(CC)C(N)=NC(C)C. The van der Waals surface area contributed by atoms with E-state index in [-0.39, 0.29) is 11.6 Å². The Morgan fingerprint density at radius 3 is 2.31 bits per heavy atom. The maximum Gasteiger partial charge on any atom is 0.126 e. The van der Waals surface area contributed by atoms with Gasteiger partial charge in [-0.2, -0.15) is 0 Å². The van der Waals surface area contributed by atoms with Crippen molar-refractivity contribution in [1.29, 1.82) is 0 Å². The summed E-state index contributed by atoms with van der Waals surface area (Å²) < 4.78 is 5.59. The van der Waals surface area contributed by atoms with Gasteiger partial charge in [0.05, 0.1) is 0 Å². The average molecular weight is 186 g/mol. The molecule has 0 bridgehead atoms. The number of hydrogen-bond donors (Lipinski definition) is 1. The minimum atomic E-state index is -0.390. The van der Waals surface area contributed by atoms with E-state index in [0.29, 0.717) is 12.4 Å². The van der Waals surface area contributed by atoms with Gasteiger partial charge in [0.2, 0.25) is 0 Å². The maximum atomic E-state index is 5.87. The van der Waals surface area contributed by atoms with Crippen molar-refractivity contribution in [3.63, 3.8) is 0 Å². The van der Waals surface area contributed by atoms with Crippen molar-refractivity contribution in [2.75, 3.05) is 6.61 Å². The van der Waals surface area contributed by atoms with E-state index >= 15 is 0 Å². The van der Waals surface area contributed by atoms with Gasteiger partial charge in [-0.25, -0.2) is 0 Å². The van der Waals surface area contributed by atoms with Gasteiger partial charge in [0.1, 0.15) is 11.4 Å². The summed E-state index contributed by atoms with van der Waals surface area (Å²) in [5.74, 6) is 0.604. The second kappa shape index (κ2) is 5.22. The molecule has 0 aromatic rings. The van der Waals surface area contributed by atoms with E-state index in [9.17, 15) is 0 Å². The maximum absolute atomic E-state index is 5.87. The van der Waals surface area contributed by atoms with E-state index in [2.05, 4.69) is 11.9 Å². The fourth-order valence-electron chi connectivity index (χ4n) is 1.09. The monoisotopic (exact) mass is 186 g/mol. The molecule has 0 aliphatic heterocycles. The molecule has 1 unspecified atom stereocenters. The Bertz CT molecular complexity index is 178. The molecule has 0 amide bonds. The zero-order valence-corrected chi connectivity index (χ0v) is 9.42. The Hall–Kier alpha value is -0.570. The standard InChI is InChI=1S/C10H22N2O/c1-6-10(5,13-7-2)9(11)12-8(3)4/h8H,6-7H2,1-5H3,(H2,11,12). The van der Waals surface area contributed by atoms with Crippen molar-refractivity contribution in [2.24, 2.45) is 10.7 Å². The molecule has 0 heterocycles. The topological polar surface area (TPSA) is 47.6 Å². The zero-order valence-electron chi connectivity index (χ0n) is 9.42. The lowest BCUT2D eigenvalue weighted by molar-refractivity contribution is 0.0256. The highest BCUT2D eigenvalue weighted by atomic mass is 16.5. The van der Waals surface area contributed by atoms with Crippen LogP contribution < -0.4 is 5.73 Å². The van der Waals surface area contributed by atoms with Crippen molar-refractivity contribution in [3.8, 4) is 0 Å². The predicted molar refractivity (Wildman–Crippen MR) is 57.1 cm³/mol. The van der Waals surface area contributed by atoms with Gasteiger partial charge in [-0.1, -0.05) is 6.92 Å². The average Bonchev–Trinajstić information content (AvgIpc) is 2.03. The minimum Gasteiger partial charge on any atom is -0.385 e. The van der Waals surface area contributed by atoms with Crippen LogP contribution in [0.25, 0.3) is 0 Å². The number of aliphatic imine (C=N–C) groups is 1. The molecule has 0 aromatic heterocycles. The molecule has 1 atom stereocenters. The van der Waals surface area contributed by atoms with Crippen molar-refractivity contribution in [3.05, 3.63) is 0 Å². The number of ether oxygens (including phenoxy) is 1. The fourth-order valence-corrected chi connectivity index (χ4v) is 1.09. The summed E-state index contributed by atoms with van der Waals surface area (Å²) in [6, 6.07) is 0.228. The van der Waals surface area contributed by atoms with Gasteiger partial charge in [0, 0.05) is 12.6 Å². The summed E-state index contributed by atoms with van der Waals surface area (Å²) in [6.07, 6.45) is 0.850. The molecular weight excluding hydrogens is 164 g/mol. The lowest BCUT2D eigenvalue weighted by atomic mass is 10.0. The van der Waals surface area contributed by atoms with E-state index < -0.39 is 0 Å². The molecule has 78 valence electrons. The number of nitrogens with zero attached hydrogens (tertiary/aromatic N) is 1. The van der Waals surface area contributed by atoms with Gasteiger partial charge < -0.3 is 10.5 Å². The van der Waals surface area contributed by atoms with Gasteiger partial charge in [-0.3, -0.25) is 4.99 Å². The summed E-state index contributed by atoms with van der Waals surface area (Å²) in [7, 11) is 0. The molecule has 0 fully saturated rings. The highest BCUT2D eigenvalue weighted by Gasteiger charge is 2.27. The molecule has 13 heavy (non-hydrogen) atoms. The van der Waals surface area contributed by atoms with Gasteiger partial charge in [0.25, 0.3) is 0 Å². The zero-order chi connectivity index (χ0) is 10.5. The molecule has 2 N–H and O–H groups in total. The van der Waals surface area contributed by atoms with E-state index in [1.54, 1.807) is 0 Å². The smallest absolute Gasteiger partial charge is 0.126 e. The Morgan fingerprint density at radius 2 is 2.00 bits per heavy atom. The third-order valence-corrected chi connectivity index (χ3v) is 2.08.